The first kappa shape index (κ1) is 20.1. The highest BCUT2D eigenvalue weighted by Gasteiger charge is 2.30. The number of rotatable bonds is 3. The average molecular weight is 405 g/mol. The average Bonchev–Trinajstić information content (AvgIpc) is 3.00. The standard InChI is InChI=1S/C17H21N3OS.C2H2O4/c1-21-15-4-2-13(3-5-15)17-18-12-16(22-17)20-11-10-19-8-6-14(20)7-9-19;3-1(4)2(5)6/h2-5,12,14H,6-11H2,1H3;(H,3,4)(H,5,6). The van der Waals surface area contributed by atoms with Gasteiger partial charge < -0.3 is 24.7 Å². The predicted molar refractivity (Wildman–Crippen MR) is 106 cm³/mol. The maximum atomic E-state index is 9.10. The number of piperidine rings is 1. The van der Waals surface area contributed by atoms with Gasteiger partial charge in [-0.15, -0.1) is 0 Å². The number of carboxylic acid groups (broad SMARTS) is 2. The molecule has 5 rings (SSSR count). The minimum atomic E-state index is -1.82. The van der Waals surface area contributed by atoms with E-state index in [0.717, 1.165) is 17.3 Å². The molecular formula is C19H23N3O5S. The number of aromatic nitrogens is 1. The number of nitrogens with zero attached hydrogens (tertiary/aromatic N) is 3. The van der Waals surface area contributed by atoms with E-state index in [4.69, 9.17) is 24.5 Å². The largest absolute Gasteiger partial charge is 0.497 e. The van der Waals surface area contributed by atoms with Crippen molar-refractivity contribution in [2.75, 3.05) is 38.2 Å². The summed E-state index contributed by atoms with van der Waals surface area (Å²) >= 11 is 1.81. The number of ether oxygens (including phenoxy) is 1. The second-order valence-corrected chi connectivity index (χ2v) is 7.62. The van der Waals surface area contributed by atoms with Crippen LogP contribution in [0.25, 0.3) is 10.6 Å². The van der Waals surface area contributed by atoms with Crippen molar-refractivity contribution in [1.82, 2.24) is 9.88 Å². The van der Waals surface area contributed by atoms with Crippen LogP contribution in [0.1, 0.15) is 12.8 Å². The number of fused-ring (bicyclic) bond motifs is 4. The van der Waals surface area contributed by atoms with Crippen molar-refractivity contribution in [3.05, 3.63) is 30.5 Å². The summed E-state index contributed by atoms with van der Waals surface area (Å²) in [4.78, 5) is 28.0. The number of thiazole rings is 1. The summed E-state index contributed by atoms with van der Waals surface area (Å²) in [7, 11) is 1.70. The maximum Gasteiger partial charge on any atom is 0.414 e. The molecule has 0 saturated carbocycles. The Morgan fingerprint density at radius 3 is 2.29 bits per heavy atom. The van der Waals surface area contributed by atoms with E-state index >= 15 is 0 Å². The fourth-order valence-electron chi connectivity index (χ4n) is 3.44. The lowest BCUT2D eigenvalue weighted by molar-refractivity contribution is -0.159. The second kappa shape index (κ2) is 9.03. The van der Waals surface area contributed by atoms with Gasteiger partial charge in [0.2, 0.25) is 0 Å². The number of hydrogen-bond acceptors (Lipinski definition) is 7. The van der Waals surface area contributed by atoms with Crippen molar-refractivity contribution in [3.8, 4) is 16.3 Å². The van der Waals surface area contributed by atoms with Crippen LogP contribution in [0, 0.1) is 0 Å². The van der Waals surface area contributed by atoms with E-state index in [2.05, 4.69) is 33.1 Å². The number of aliphatic carboxylic acids is 2. The Hall–Kier alpha value is -2.65. The monoisotopic (exact) mass is 405 g/mol. The second-order valence-electron chi connectivity index (χ2n) is 6.61. The van der Waals surface area contributed by atoms with Crippen LogP contribution in [0.15, 0.2) is 30.5 Å². The van der Waals surface area contributed by atoms with Gasteiger partial charge in [0.1, 0.15) is 15.8 Å². The van der Waals surface area contributed by atoms with Crippen molar-refractivity contribution >= 4 is 28.3 Å². The number of carboxylic acids is 2. The Kier molecular flexibility index (Phi) is 6.48. The lowest BCUT2D eigenvalue weighted by Crippen LogP contribution is -2.37. The summed E-state index contributed by atoms with van der Waals surface area (Å²) in [5.41, 5.74) is 1.17. The summed E-state index contributed by atoms with van der Waals surface area (Å²) < 4.78 is 5.22. The molecule has 0 amide bonds. The molecule has 28 heavy (non-hydrogen) atoms. The molecule has 1 aromatic carbocycles. The van der Waals surface area contributed by atoms with Gasteiger partial charge in [0.25, 0.3) is 0 Å². The molecule has 0 aliphatic carbocycles. The topological polar surface area (TPSA) is 103 Å². The molecule has 3 fully saturated rings. The molecule has 2 aromatic rings. The number of methoxy groups -OCH3 is 1. The van der Waals surface area contributed by atoms with Crippen LogP contribution in [0.3, 0.4) is 0 Å². The van der Waals surface area contributed by atoms with E-state index in [1.54, 1.807) is 7.11 Å². The summed E-state index contributed by atoms with van der Waals surface area (Å²) in [6.45, 7) is 4.83. The zero-order valence-corrected chi connectivity index (χ0v) is 16.4. The zero-order valence-electron chi connectivity index (χ0n) is 15.6. The van der Waals surface area contributed by atoms with Gasteiger partial charge in [0.15, 0.2) is 0 Å². The number of benzene rings is 1. The molecule has 0 atom stereocenters. The van der Waals surface area contributed by atoms with Crippen LogP contribution in [0.2, 0.25) is 0 Å². The summed E-state index contributed by atoms with van der Waals surface area (Å²) in [5, 5.41) is 17.2. The third-order valence-corrected chi connectivity index (χ3v) is 6.04. The van der Waals surface area contributed by atoms with E-state index in [1.165, 1.54) is 43.0 Å². The predicted octanol–water partition coefficient (Wildman–Crippen LogP) is 2.26. The van der Waals surface area contributed by atoms with Gasteiger partial charge in [0, 0.05) is 37.8 Å². The van der Waals surface area contributed by atoms with E-state index < -0.39 is 11.9 Å². The first-order valence-electron chi connectivity index (χ1n) is 9.03. The third-order valence-electron chi connectivity index (χ3n) is 4.95. The molecular weight excluding hydrogens is 382 g/mol. The number of hydrogen-bond donors (Lipinski definition) is 2. The van der Waals surface area contributed by atoms with Crippen molar-refractivity contribution in [1.29, 1.82) is 0 Å². The highest BCUT2D eigenvalue weighted by atomic mass is 32.1. The Balaban J connectivity index is 0.000000330. The first-order valence-corrected chi connectivity index (χ1v) is 9.85. The Morgan fingerprint density at radius 1 is 1.07 bits per heavy atom. The summed E-state index contributed by atoms with van der Waals surface area (Å²) in [5.74, 6) is -2.76. The van der Waals surface area contributed by atoms with Gasteiger partial charge in [-0.3, -0.25) is 0 Å². The molecule has 9 heteroatoms. The van der Waals surface area contributed by atoms with Crippen LogP contribution in [0.5, 0.6) is 5.75 Å². The fraction of sp³-hybridized carbons (Fsp3) is 0.421. The summed E-state index contributed by atoms with van der Waals surface area (Å²) in [6, 6.07) is 8.86. The molecule has 1 aromatic heterocycles. The maximum absolute atomic E-state index is 9.10. The smallest absolute Gasteiger partial charge is 0.414 e. The lowest BCUT2D eigenvalue weighted by atomic mass is 10.1. The molecule has 3 aliphatic heterocycles. The van der Waals surface area contributed by atoms with E-state index in [-0.39, 0.29) is 0 Å². The number of anilines is 1. The fourth-order valence-corrected chi connectivity index (χ4v) is 4.46. The van der Waals surface area contributed by atoms with Crippen LogP contribution in [0.4, 0.5) is 5.00 Å². The minimum absolute atomic E-state index is 0.697. The molecule has 2 bridgehead atoms. The van der Waals surface area contributed by atoms with Crippen molar-refractivity contribution < 1.29 is 24.5 Å². The normalized spacial score (nSPS) is 20.7. The highest BCUT2D eigenvalue weighted by molar-refractivity contribution is 7.18. The molecule has 3 aliphatic rings. The Morgan fingerprint density at radius 2 is 1.71 bits per heavy atom. The Labute approximate surface area is 167 Å². The summed E-state index contributed by atoms with van der Waals surface area (Å²) in [6.07, 6.45) is 4.63. The van der Waals surface area contributed by atoms with E-state index in [0.29, 0.717) is 6.04 Å². The zero-order chi connectivity index (χ0) is 20.1. The van der Waals surface area contributed by atoms with Gasteiger partial charge >= 0.3 is 11.9 Å². The van der Waals surface area contributed by atoms with Crippen molar-refractivity contribution in [3.63, 3.8) is 0 Å². The quantitative estimate of drug-likeness (QED) is 0.750. The molecule has 150 valence electrons. The SMILES string of the molecule is COc1ccc(-c2ncc(N3CCN4CCC3CC4)s2)cc1.O=C(O)C(=O)O. The van der Waals surface area contributed by atoms with Crippen LogP contribution in [-0.2, 0) is 9.59 Å². The van der Waals surface area contributed by atoms with E-state index in [9.17, 15) is 0 Å². The minimum Gasteiger partial charge on any atom is -0.497 e. The van der Waals surface area contributed by atoms with Gasteiger partial charge in [0.05, 0.1) is 13.3 Å². The van der Waals surface area contributed by atoms with E-state index in [1.807, 2.05) is 23.5 Å². The van der Waals surface area contributed by atoms with Gasteiger partial charge in [-0.25, -0.2) is 14.6 Å². The van der Waals surface area contributed by atoms with Crippen LogP contribution in [-0.4, -0.2) is 71.4 Å². The third kappa shape index (κ3) is 4.79. The molecule has 0 spiro atoms. The molecule has 4 heterocycles. The number of carbonyl (C=O) groups is 2. The lowest BCUT2D eigenvalue weighted by Gasteiger charge is -2.31. The van der Waals surface area contributed by atoms with Crippen molar-refractivity contribution in [2.24, 2.45) is 0 Å². The molecule has 8 nitrogen and oxygen atoms in total. The molecule has 0 radical (unpaired) electrons. The molecule has 0 unspecified atom stereocenters. The first-order chi connectivity index (χ1) is 13.5. The van der Waals surface area contributed by atoms with Gasteiger partial charge in [-0.2, -0.15) is 0 Å². The Bertz CT molecular complexity index is 803. The van der Waals surface area contributed by atoms with Crippen molar-refractivity contribution in [2.45, 2.75) is 18.9 Å². The van der Waals surface area contributed by atoms with Crippen LogP contribution < -0.4 is 9.64 Å². The van der Waals surface area contributed by atoms with Gasteiger partial charge in [-0.1, -0.05) is 11.3 Å². The van der Waals surface area contributed by atoms with Gasteiger partial charge in [-0.05, 0) is 37.1 Å². The molecule has 2 N–H and O–H groups in total. The highest BCUT2D eigenvalue weighted by Crippen LogP contribution is 2.35. The molecule has 3 saturated heterocycles. The van der Waals surface area contributed by atoms with Crippen LogP contribution >= 0.6 is 11.3 Å².